The average molecular weight is 300 g/mol. The van der Waals surface area contributed by atoms with E-state index in [-0.39, 0.29) is 6.42 Å². The maximum atomic E-state index is 11.3. The number of carboxylic acid groups (broad SMARTS) is 1. The molecule has 1 aromatic rings. The smallest absolute Gasteiger partial charge is 0.329 e. The summed E-state index contributed by atoms with van der Waals surface area (Å²) in [6.45, 7) is 1.53. The molecule has 1 atom stereocenters. The Hall–Kier alpha value is -1.36. The SMILES string of the molecule is CN(C=O)C(C)(Cc1ccc(Br)cc1)C(=O)O. The van der Waals surface area contributed by atoms with Gasteiger partial charge in [-0.3, -0.25) is 4.79 Å². The zero-order valence-electron chi connectivity index (χ0n) is 9.68. The van der Waals surface area contributed by atoms with E-state index in [9.17, 15) is 14.7 Å². The second-order valence-electron chi connectivity index (χ2n) is 4.10. The van der Waals surface area contributed by atoms with Crippen LogP contribution in [0.3, 0.4) is 0 Å². The van der Waals surface area contributed by atoms with Crippen molar-refractivity contribution in [3.8, 4) is 0 Å². The maximum absolute atomic E-state index is 11.3. The average Bonchev–Trinajstić information content (AvgIpc) is 2.30. The second kappa shape index (κ2) is 5.31. The van der Waals surface area contributed by atoms with E-state index >= 15 is 0 Å². The molecule has 1 unspecified atom stereocenters. The number of aliphatic carboxylic acids is 1. The first kappa shape index (κ1) is 13.7. The lowest BCUT2D eigenvalue weighted by molar-refractivity contribution is -0.152. The Bertz CT molecular complexity index is 418. The summed E-state index contributed by atoms with van der Waals surface area (Å²) in [7, 11) is 1.47. The minimum atomic E-state index is -1.23. The molecule has 5 heteroatoms. The quantitative estimate of drug-likeness (QED) is 0.845. The summed E-state index contributed by atoms with van der Waals surface area (Å²) >= 11 is 3.31. The Balaban J connectivity index is 2.98. The Labute approximate surface area is 108 Å². The van der Waals surface area contributed by atoms with Gasteiger partial charge in [0.2, 0.25) is 6.41 Å². The van der Waals surface area contributed by atoms with Crippen molar-refractivity contribution in [2.24, 2.45) is 0 Å². The summed E-state index contributed by atoms with van der Waals surface area (Å²) in [6.07, 6.45) is 0.803. The number of halogens is 1. The highest BCUT2D eigenvalue weighted by molar-refractivity contribution is 9.10. The largest absolute Gasteiger partial charge is 0.479 e. The van der Waals surface area contributed by atoms with Crippen molar-refractivity contribution in [1.82, 2.24) is 4.90 Å². The van der Waals surface area contributed by atoms with Gasteiger partial charge in [0.05, 0.1) is 0 Å². The minimum Gasteiger partial charge on any atom is -0.479 e. The molecule has 0 fully saturated rings. The topological polar surface area (TPSA) is 57.6 Å². The van der Waals surface area contributed by atoms with Crippen LogP contribution < -0.4 is 0 Å². The zero-order valence-corrected chi connectivity index (χ0v) is 11.3. The predicted octanol–water partition coefficient (Wildman–Crippen LogP) is 1.92. The molecule has 1 N–H and O–H groups in total. The molecule has 0 bridgehead atoms. The summed E-state index contributed by atoms with van der Waals surface area (Å²) in [5.74, 6) is -1.02. The molecule has 0 aliphatic carbocycles. The third-order valence-corrected chi connectivity index (χ3v) is 3.39. The molecule has 0 saturated carbocycles. The predicted molar refractivity (Wildman–Crippen MR) is 67.7 cm³/mol. The molecule has 0 aromatic heterocycles. The first-order valence-corrected chi connectivity index (χ1v) is 5.85. The number of nitrogens with zero attached hydrogens (tertiary/aromatic N) is 1. The molecule has 1 amide bonds. The lowest BCUT2D eigenvalue weighted by Crippen LogP contribution is -2.51. The Morgan fingerprint density at radius 2 is 2.00 bits per heavy atom. The van der Waals surface area contributed by atoms with Crippen LogP contribution in [-0.4, -0.2) is 35.0 Å². The Kier molecular flexibility index (Phi) is 4.28. The van der Waals surface area contributed by atoms with Crippen LogP contribution in [0.1, 0.15) is 12.5 Å². The zero-order chi connectivity index (χ0) is 13.1. The highest BCUT2D eigenvalue weighted by atomic mass is 79.9. The molecule has 4 nitrogen and oxygen atoms in total. The summed E-state index contributed by atoms with van der Waals surface area (Å²) in [5, 5.41) is 9.24. The molecule has 1 aromatic carbocycles. The molecule has 1 rings (SSSR count). The first-order chi connectivity index (χ1) is 7.90. The van der Waals surface area contributed by atoms with Crippen molar-refractivity contribution in [3.63, 3.8) is 0 Å². The standard InChI is InChI=1S/C12H14BrNO3/c1-12(11(16)17,14(2)8-15)7-9-3-5-10(13)6-4-9/h3-6,8H,7H2,1-2H3,(H,16,17). The molecule has 92 valence electrons. The molecule has 0 aliphatic rings. The van der Waals surface area contributed by atoms with E-state index in [0.29, 0.717) is 6.41 Å². The third kappa shape index (κ3) is 3.06. The van der Waals surface area contributed by atoms with Gasteiger partial charge in [-0.05, 0) is 24.6 Å². The van der Waals surface area contributed by atoms with Crippen molar-refractivity contribution < 1.29 is 14.7 Å². The number of likely N-dealkylation sites (N-methyl/N-ethyl adjacent to an activating group) is 1. The lowest BCUT2D eigenvalue weighted by atomic mass is 9.92. The van der Waals surface area contributed by atoms with E-state index in [1.165, 1.54) is 18.9 Å². The normalized spacial score (nSPS) is 13.8. The summed E-state index contributed by atoms with van der Waals surface area (Å²) in [4.78, 5) is 23.2. The first-order valence-electron chi connectivity index (χ1n) is 5.06. The molecule has 17 heavy (non-hydrogen) atoms. The van der Waals surface area contributed by atoms with E-state index in [4.69, 9.17) is 0 Å². The maximum Gasteiger partial charge on any atom is 0.329 e. The fraction of sp³-hybridized carbons (Fsp3) is 0.333. The molecule has 0 aliphatic heterocycles. The highest BCUT2D eigenvalue weighted by Crippen LogP contribution is 2.20. The van der Waals surface area contributed by atoms with Crippen LogP contribution in [0, 0.1) is 0 Å². The third-order valence-electron chi connectivity index (χ3n) is 2.86. The monoisotopic (exact) mass is 299 g/mol. The molecule has 0 spiro atoms. The Morgan fingerprint density at radius 3 is 2.41 bits per heavy atom. The van der Waals surface area contributed by atoms with Gasteiger partial charge < -0.3 is 10.0 Å². The van der Waals surface area contributed by atoms with Crippen molar-refractivity contribution in [2.45, 2.75) is 18.9 Å². The van der Waals surface area contributed by atoms with Gasteiger partial charge in [0.25, 0.3) is 0 Å². The van der Waals surface area contributed by atoms with Crippen LogP contribution in [0.4, 0.5) is 0 Å². The second-order valence-corrected chi connectivity index (χ2v) is 5.01. The highest BCUT2D eigenvalue weighted by Gasteiger charge is 2.37. The van der Waals surface area contributed by atoms with E-state index in [0.717, 1.165) is 10.0 Å². The van der Waals surface area contributed by atoms with E-state index < -0.39 is 11.5 Å². The van der Waals surface area contributed by atoms with Crippen molar-refractivity contribution in [2.75, 3.05) is 7.05 Å². The van der Waals surface area contributed by atoms with Gasteiger partial charge in [0, 0.05) is 17.9 Å². The number of amides is 1. The van der Waals surface area contributed by atoms with E-state index in [1.807, 2.05) is 24.3 Å². The van der Waals surface area contributed by atoms with Crippen molar-refractivity contribution >= 4 is 28.3 Å². The van der Waals surface area contributed by atoms with Gasteiger partial charge in [-0.1, -0.05) is 28.1 Å². The summed E-state index contributed by atoms with van der Waals surface area (Å²) in [5.41, 5.74) is -0.359. The number of carboxylic acids is 1. The van der Waals surface area contributed by atoms with Crippen LogP contribution in [0.15, 0.2) is 28.7 Å². The van der Waals surface area contributed by atoms with E-state index in [2.05, 4.69) is 15.9 Å². The fourth-order valence-electron chi connectivity index (χ4n) is 1.47. The van der Waals surface area contributed by atoms with Crippen LogP contribution >= 0.6 is 15.9 Å². The number of benzene rings is 1. The number of carbonyl (C=O) groups is 2. The fourth-order valence-corrected chi connectivity index (χ4v) is 1.73. The van der Waals surface area contributed by atoms with Crippen LogP contribution in [-0.2, 0) is 16.0 Å². The van der Waals surface area contributed by atoms with E-state index in [1.54, 1.807) is 0 Å². The molecule has 0 heterocycles. The molecule has 0 radical (unpaired) electrons. The van der Waals surface area contributed by atoms with Gasteiger partial charge in [-0.25, -0.2) is 4.79 Å². The molecular weight excluding hydrogens is 286 g/mol. The van der Waals surface area contributed by atoms with Crippen LogP contribution in [0.2, 0.25) is 0 Å². The van der Waals surface area contributed by atoms with Crippen molar-refractivity contribution in [3.05, 3.63) is 34.3 Å². The number of carbonyl (C=O) groups excluding carboxylic acids is 1. The van der Waals surface area contributed by atoms with Gasteiger partial charge in [-0.15, -0.1) is 0 Å². The van der Waals surface area contributed by atoms with Crippen molar-refractivity contribution in [1.29, 1.82) is 0 Å². The van der Waals surface area contributed by atoms with Crippen LogP contribution in [0.25, 0.3) is 0 Å². The molecular formula is C12H14BrNO3. The minimum absolute atomic E-state index is 0.269. The summed E-state index contributed by atoms with van der Waals surface area (Å²) in [6, 6.07) is 7.37. The van der Waals surface area contributed by atoms with Gasteiger partial charge in [0.1, 0.15) is 5.54 Å². The lowest BCUT2D eigenvalue weighted by Gasteiger charge is -2.32. The number of hydrogen-bond donors (Lipinski definition) is 1. The van der Waals surface area contributed by atoms with Gasteiger partial charge >= 0.3 is 5.97 Å². The Morgan fingerprint density at radius 1 is 1.47 bits per heavy atom. The molecule has 0 saturated heterocycles. The number of rotatable bonds is 5. The van der Waals surface area contributed by atoms with Crippen LogP contribution in [0.5, 0.6) is 0 Å². The van der Waals surface area contributed by atoms with Gasteiger partial charge in [0.15, 0.2) is 0 Å². The number of hydrogen-bond acceptors (Lipinski definition) is 2. The summed E-state index contributed by atoms with van der Waals surface area (Å²) < 4.78 is 0.932. The van der Waals surface area contributed by atoms with Gasteiger partial charge in [-0.2, -0.15) is 0 Å².